The van der Waals surface area contributed by atoms with E-state index in [1.807, 2.05) is 0 Å². The van der Waals surface area contributed by atoms with E-state index in [4.69, 9.17) is 0 Å². The van der Waals surface area contributed by atoms with E-state index in [1.54, 1.807) is 13.2 Å². The zero-order valence-electron chi connectivity index (χ0n) is 10.9. The smallest absolute Gasteiger partial charge is 0.246 e. The Bertz CT molecular complexity index is 728. The second kappa shape index (κ2) is 5.29. The van der Waals surface area contributed by atoms with Gasteiger partial charge in [0.1, 0.15) is 16.5 Å². The van der Waals surface area contributed by atoms with Crippen LogP contribution in [0, 0.1) is 11.6 Å². The maximum absolute atomic E-state index is 13.6. The van der Waals surface area contributed by atoms with Crippen LogP contribution in [-0.4, -0.2) is 29.6 Å². The van der Waals surface area contributed by atoms with Crippen LogP contribution in [-0.2, 0) is 23.6 Å². The summed E-state index contributed by atoms with van der Waals surface area (Å²) in [4.78, 5) is -0.551. The van der Waals surface area contributed by atoms with Crippen molar-refractivity contribution in [2.75, 3.05) is 7.05 Å². The summed E-state index contributed by atoms with van der Waals surface area (Å²) in [5.41, 5.74) is 0.668. The number of benzene rings is 1. The third-order valence-corrected chi connectivity index (χ3v) is 4.58. The summed E-state index contributed by atoms with van der Waals surface area (Å²) in [6, 6.07) is 2.37. The van der Waals surface area contributed by atoms with Crippen LogP contribution in [0.3, 0.4) is 0 Å². The Balaban J connectivity index is 2.29. The molecular formula is C12H13F2N3O2S. The van der Waals surface area contributed by atoms with Gasteiger partial charge in [0.25, 0.3) is 0 Å². The number of nitrogens with zero attached hydrogens (tertiary/aromatic N) is 3. The number of halogens is 2. The van der Waals surface area contributed by atoms with Crippen LogP contribution in [0.2, 0.25) is 0 Å². The predicted octanol–water partition coefficient (Wildman–Crippen LogP) is 1.52. The Labute approximate surface area is 115 Å². The van der Waals surface area contributed by atoms with E-state index in [-0.39, 0.29) is 6.54 Å². The highest BCUT2D eigenvalue weighted by Gasteiger charge is 2.25. The molecule has 0 aliphatic carbocycles. The first-order valence-corrected chi connectivity index (χ1v) is 7.13. The van der Waals surface area contributed by atoms with E-state index >= 15 is 0 Å². The molecule has 2 rings (SSSR count). The van der Waals surface area contributed by atoms with Gasteiger partial charge in [-0.2, -0.15) is 9.40 Å². The molecule has 8 heteroatoms. The van der Waals surface area contributed by atoms with E-state index in [2.05, 4.69) is 5.10 Å². The van der Waals surface area contributed by atoms with Gasteiger partial charge in [-0.15, -0.1) is 0 Å². The van der Waals surface area contributed by atoms with Gasteiger partial charge in [0, 0.05) is 38.5 Å². The van der Waals surface area contributed by atoms with Crippen LogP contribution in [0.5, 0.6) is 0 Å². The van der Waals surface area contributed by atoms with Crippen molar-refractivity contribution in [3.63, 3.8) is 0 Å². The van der Waals surface area contributed by atoms with E-state index in [0.29, 0.717) is 11.6 Å². The highest BCUT2D eigenvalue weighted by molar-refractivity contribution is 7.89. The fourth-order valence-corrected chi connectivity index (χ4v) is 2.95. The van der Waals surface area contributed by atoms with Crippen LogP contribution in [0.4, 0.5) is 8.78 Å². The molecule has 2 aromatic rings. The lowest BCUT2D eigenvalue weighted by Gasteiger charge is -2.16. The molecule has 0 spiro atoms. The van der Waals surface area contributed by atoms with Gasteiger partial charge in [0.05, 0.1) is 6.20 Å². The van der Waals surface area contributed by atoms with Crippen molar-refractivity contribution in [1.29, 1.82) is 0 Å². The average Bonchev–Trinajstić information content (AvgIpc) is 2.74. The lowest BCUT2D eigenvalue weighted by molar-refractivity contribution is 0.458. The summed E-state index contributed by atoms with van der Waals surface area (Å²) >= 11 is 0. The Hall–Kier alpha value is -1.80. The molecule has 0 radical (unpaired) electrons. The fraction of sp³-hybridized carbons (Fsp3) is 0.250. The molecular weight excluding hydrogens is 288 g/mol. The van der Waals surface area contributed by atoms with Crippen molar-refractivity contribution < 1.29 is 17.2 Å². The van der Waals surface area contributed by atoms with Gasteiger partial charge in [-0.1, -0.05) is 0 Å². The molecule has 0 unspecified atom stereocenters. The minimum Gasteiger partial charge on any atom is -0.275 e. The summed E-state index contributed by atoms with van der Waals surface area (Å²) < 4.78 is 53.4. The number of aryl methyl sites for hydroxylation is 1. The van der Waals surface area contributed by atoms with Crippen molar-refractivity contribution >= 4 is 10.0 Å². The van der Waals surface area contributed by atoms with Gasteiger partial charge in [-0.25, -0.2) is 17.2 Å². The molecule has 0 aliphatic heterocycles. The van der Waals surface area contributed by atoms with E-state index in [1.165, 1.54) is 17.9 Å². The van der Waals surface area contributed by atoms with Gasteiger partial charge in [0.2, 0.25) is 10.0 Å². The number of hydrogen-bond acceptors (Lipinski definition) is 3. The molecule has 0 fully saturated rings. The number of rotatable bonds is 4. The third kappa shape index (κ3) is 2.86. The van der Waals surface area contributed by atoms with Crippen molar-refractivity contribution in [3.8, 4) is 0 Å². The van der Waals surface area contributed by atoms with Crippen molar-refractivity contribution in [2.24, 2.45) is 7.05 Å². The van der Waals surface area contributed by atoms with Gasteiger partial charge >= 0.3 is 0 Å². The van der Waals surface area contributed by atoms with Crippen LogP contribution < -0.4 is 0 Å². The van der Waals surface area contributed by atoms with E-state index < -0.39 is 26.6 Å². The van der Waals surface area contributed by atoms with E-state index in [9.17, 15) is 17.2 Å². The summed E-state index contributed by atoms with van der Waals surface area (Å²) in [6.45, 7) is 0.0486. The summed E-state index contributed by atoms with van der Waals surface area (Å²) in [6.07, 6.45) is 3.18. The minimum atomic E-state index is -4.02. The molecule has 0 saturated heterocycles. The Morgan fingerprint density at radius 2 is 2.05 bits per heavy atom. The zero-order chi connectivity index (χ0) is 14.9. The van der Waals surface area contributed by atoms with Gasteiger partial charge in [-0.05, 0) is 12.1 Å². The fourth-order valence-electron chi connectivity index (χ4n) is 1.75. The summed E-state index contributed by atoms with van der Waals surface area (Å²) in [5.74, 6) is -1.93. The third-order valence-electron chi connectivity index (χ3n) is 2.75. The monoisotopic (exact) mass is 301 g/mol. The molecule has 1 aromatic heterocycles. The molecule has 0 aliphatic rings. The standard InChI is InChI=1S/C12H13F2N3O2S/c1-16-7-9(6-15-16)8-17(2)20(18,19)12-4-3-10(13)5-11(12)14/h3-7H,8H2,1-2H3. The molecule has 0 bridgehead atoms. The molecule has 0 atom stereocenters. The van der Waals surface area contributed by atoms with Crippen LogP contribution in [0.25, 0.3) is 0 Å². The zero-order valence-corrected chi connectivity index (χ0v) is 11.7. The number of aromatic nitrogens is 2. The van der Waals surface area contributed by atoms with Gasteiger partial charge < -0.3 is 0 Å². The maximum atomic E-state index is 13.6. The lowest BCUT2D eigenvalue weighted by atomic mass is 10.3. The minimum absolute atomic E-state index is 0.0486. The molecule has 20 heavy (non-hydrogen) atoms. The topological polar surface area (TPSA) is 55.2 Å². The first kappa shape index (κ1) is 14.6. The Kier molecular flexibility index (Phi) is 3.87. The van der Waals surface area contributed by atoms with E-state index in [0.717, 1.165) is 16.4 Å². The molecule has 0 amide bonds. The molecule has 108 valence electrons. The van der Waals surface area contributed by atoms with Crippen molar-refractivity contribution in [3.05, 3.63) is 47.8 Å². The highest BCUT2D eigenvalue weighted by atomic mass is 32.2. The summed E-state index contributed by atoms with van der Waals surface area (Å²) in [7, 11) is -0.990. The molecule has 5 nitrogen and oxygen atoms in total. The average molecular weight is 301 g/mol. The highest BCUT2D eigenvalue weighted by Crippen LogP contribution is 2.20. The van der Waals surface area contributed by atoms with Crippen molar-refractivity contribution in [2.45, 2.75) is 11.4 Å². The van der Waals surface area contributed by atoms with Gasteiger partial charge in [-0.3, -0.25) is 4.68 Å². The van der Waals surface area contributed by atoms with Crippen LogP contribution in [0.15, 0.2) is 35.5 Å². The first-order valence-electron chi connectivity index (χ1n) is 5.69. The lowest BCUT2D eigenvalue weighted by Crippen LogP contribution is -2.27. The number of hydrogen-bond donors (Lipinski definition) is 0. The predicted molar refractivity (Wildman–Crippen MR) is 68.2 cm³/mol. The van der Waals surface area contributed by atoms with Crippen LogP contribution in [0.1, 0.15) is 5.56 Å². The van der Waals surface area contributed by atoms with Crippen molar-refractivity contribution in [1.82, 2.24) is 14.1 Å². The quantitative estimate of drug-likeness (QED) is 0.860. The largest absolute Gasteiger partial charge is 0.275 e. The summed E-state index contributed by atoms with van der Waals surface area (Å²) in [5, 5.41) is 3.93. The molecule has 1 heterocycles. The normalized spacial score (nSPS) is 12.1. The SMILES string of the molecule is CN(Cc1cnn(C)c1)S(=O)(=O)c1ccc(F)cc1F. The Morgan fingerprint density at radius 1 is 1.35 bits per heavy atom. The molecule has 0 N–H and O–H groups in total. The first-order chi connectivity index (χ1) is 9.30. The number of sulfonamides is 1. The molecule has 0 saturated carbocycles. The van der Waals surface area contributed by atoms with Crippen LogP contribution >= 0.6 is 0 Å². The molecule has 1 aromatic carbocycles. The second-order valence-corrected chi connectivity index (χ2v) is 6.37. The van der Waals surface area contributed by atoms with Gasteiger partial charge in [0.15, 0.2) is 0 Å². The Morgan fingerprint density at radius 3 is 2.60 bits per heavy atom. The second-order valence-electron chi connectivity index (χ2n) is 4.36. The maximum Gasteiger partial charge on any atom is 0.246 e.